The predicted octanol–water partition coefficient (Wildman–Crippen LogP) is 0.665. The molecule has 0 saturated carbocycles. The van der Waals surface area contributed by atoms with Gasteiger partial charge in [0.2, 0.25) is 0 Å². The van der Waals surface area contributed by atoms with Crippen LogP contribution in [0.2, 0.25) is 0 Å². The van der Waals surface area contributed by atoms with Gasteiger partial charge in [0.15, 0.2) is 0 Å². The molecule has 5 heteroatoms. The maximum atomic E-state index is 4.36. The van der Waals surface area contributed by atoms with Crippen molar-refractivity contribution in [1.82, 2.24) is 25.0 Å². The van der Waals surface area contributed by atoms with E-state index in [4.69, 9.17) is 0 Å². The summed E-state index contributed by atoms with van der Waals surface area (Å²) in [6.45, 7) is 13.8. The summed E-state index contributed by atoms with van der Waals surface area (Å²) in [5.41, 5.74) is 1.37. The van der Waals surface area contributed by atoms with E-state index in [2.05, 4.69) is 50.3 Å². The van der Waals surface area contributed by atoms with Crippen LogP contribution in [0, 0.1) is 0 Å². The monoisotopic (exact) mass is 303 g/mol. The molecule has 1 N–H and O–H groups in total. The average Bonchev–Trinajstić information content (AvgIpc) is 2.61. The standard InChI is InChI=1S/C17H29N5/c1-2-20-10-12-22(13-11-20)17(16-4-3-5-19-14-16)15-21-8-6-18-7-9-21/h3-5,14,17-18H,2,6-13,15H2,1H3. The summed E-state index contributed by atoms with van der Waals surface area (Å²) in [6.07, 6.45) is 3.93. The second-order valence-corrected chi connectivity index (χ2v) is 6.32. The minimum atomic E-state index is 0.478. The lowest BCUT2D eigenvalue weighted by Gasteiger charge is -2.41. The lowest BCUT2D eigenvalue weighted by atomic mass is 10.1. The molecule has 2 aliphatic rings. The van der Waals surface area contributed by atoms with E-state index in [1.165, 1.54) is 38.3 Å². The number of likely N-dealkylation sites (N-methyl/N-ethyl adjacent to an activating group) is 1. The number of aromatic nitrogens is 1. The highest BCUT2D eigenvalue weighted by atomic mass is 15.3. The molecule has 1 aromatic heterocycles. The molecule has 1 aromatic rings. The first-order valence-corrected chi connectivity index (χ1v) is 8.66. The van der Waals surface area contributed by atoms with Gasteiger partial charge in [-0.2, -0.15) is 0 Å². The SMILES string of the molecule is CCN1CCN(C(CN2CCNCC2)c2cccnc2)CC1. The van der Waals surface area contributed by atoms with E-state index in [0.29, 0.717) is 6.04 Å². The number of nitrogens with zero attached hydrogens (tertiary/aromatic N) is 4. The van der Waals surface area contributed by atoms with Crippen molar-refractivity contribution >= 4 is 0 Å². The van der Waals surface area contributed by atoms with E-state index in [1.807, 2.05) is 6.20 Å². The summed E-state index contributed by atoms with van der Waals surface area (Å²) in [5.74, 6) is 0. The van der Waals surface area contributed by atoms with Crippen LogP contribution in [0.25, 0.3) is 0 Å². The fourth-order valence-corrected chi connectivity index (χ4v) is 3.53. The molecule has 1 atom stereocenters. The molecule has 0 radical (unpaired) electrons. The van der Waals surface area contributed by atoms with Crippen molar-refractivity contribution in [3.8, 4) is 0 Å². The van der Waals surface area contributed by atoms with Crippen LogP contribution in [0.4, 0.5) is 0 Å². The first-order chi connectivity index (χ1) is 10.9. The summed E-state index contributed by atoms with van der Waals surface area (Å²) in [4.78, 5) is 12.2. The van der Waals surface area contributed by atoms with Gasteiger partial charge in [-0.05, 0) is 18.2 Å². The quantitative estimate of drug-likeness (QED) is 0.865. The van der Waals surface area contributed by atoms with Crippen molar-refractivity contribution in [2.24, 2.45) is 0 Å². The maximum absolute atomic E-state index is 4.36. The van der Waals surface area contributed by atoms with E-state index in [0.717, 1.165) is 32.7 Å². The van der Waals surface area contributed by atoms with Crippen LogP contribution < -0.4 is 5.32 Å². The van der Waals surface area contributed by atoms with Gasteiger partial charge < -0.3 is 10.2 Å². The van der Waals surface area contributed by atoms with Gasteiger partial charge >= 0.3 is 0 Å². The highest BCUT2D eigenvalue weighted by molar-refractivity contribution is 5.15. The van der Waals surface area contributed by atoms with E-state index < -0.39 is 0 Å². The van der Waals surface area contributed by atoms with Gasteiger partial charge in [-0.15, -0.1) is 0 Å². The van der Waals surface area contributed by atoms with E-state index in [1.54, 1.807) is 0 Å². The molecule has 0 spiro atoms. The first-order valence-electron chi connectivity index (χ1n) is 8.66. The Bertz CT molecular complexity index is 424. The fourth-order valence-electron chi connectivity index (χ4n) is 3.53. The molecule has 1 unspecified atom stereocenters. The van der Waals surface area contributed by atoms with Gasteiger partial charge in [0.1, 0.15) is 0 Å². The smallest absolute Gasteiger partial charge is 0.0491 e. The molecule has 0 bridgehead atoms. The maximum Gasteiger partial charge on any atom is 0.0491 e. The topological polar surface area (TPSA) is 34.6 Å². The van der Waals surface area contributed by atoms with Crippen LogP contribution in [-0.2, 0) is 0 Å². The number of rotatable bonds is 5. The highest BCUT2D eigenvalue weighted by Gasteiger charge is 2.26. The van der Waals surface area contributed by atoms with Crippen LogP contribution in [0.5, 0.6) is 0 Å². The van der Waals surface area contributed by atoms with Crippen LogP contribution in [0.1, 0.15) is 18.5 Å². The number of hydrogen-bond acceptors (Lipinski definition) is 5. The van der Waals surface area contributed by atoms with Gasteiger partial charge in [0, 0.05) is 77.3 Å². The van der Waals surface area contributed by atoms with E-state index in [-0.39, 0.29) is 0 Å². The fraction of sp³-hybridized carbons (Fsp3) is 0.706. The van der Waals surface area contributed by atoms with Gasteiger partial charge in [-0.3, -0.25) is 14.8 Å². The molecule has 0 aromatic carbocycles. The van der Waals surface area contributed by atoms with Crippen molar-refractivity contribution < 1.29 is 0 Å². The summed E-state index contributed by atoms with van der Waals surface area (Å²) >= 11 is 0. The number of pyridine rings is 1. The summed E-state index contributed by atoms with van der Waals surface area (Å²) in [7, 11) is 0. The summed E-state index contributed by atoms with van der Waals surface area (Å²) in [5, 5.41) is 3.45. The number of piperazine rings is 2. The molecule has 3 heterocycles. The Morgan fingerprint density at radius 1 is 1.09 bits per heavy atom. The molecule has 22 heavy (non-hydrogen) atoms. The first kappa shape index (κ1) is 15.9. The number of hydrogen-bond donors (Lipinski definition) is 1. The third-order valence-electron chi connectivity index (χ3n) is 5.00. The normalized spacial score (nSPS) is 23.5. The summed E-state index contributed by atoms with van der Waals surface area (Å²) < 4.78 is 0. The lowest BCUT2D eigenvalue weighted by Crippen LogP contribution is -2.51. The van der Waals surface area contributed by atoms with Gasteiger partial charge in [0.25, 0.3) is 0 Å². The molecular weight excluding hydrogens is 274 g/mol. The largest absolute Gasteiger partial charge is 0.314 e. The Labute approximate surface area is 134 Å². The zero-order chi connectivity index (χ0) is 15.2. The van der Waals surface area contributed by atoms with Gasteiger partial charge in [0.05, 0.1) is 0 Å². The lowest BCUT2D eigenvalue weighted by molar-refractivity contribution is 0.0736. The van der Waals surface area contributed by atoms with Gasteiger partial charge in [-0.1, -0.05) is 13.0 Å². The Kier molecular flexibility index (Phi) is 5.78. The van der Waals surface area contributed by atoms with Crippen LogP contribution >= 0.6 is 0 Å². The Morgan fingerprint density at radius 2 is 1.86 bits per heavy atom. The van der Waals surface area contributed by atoms with Crippen molar-refractivity contribution in [2.75, 3.05) is 65.4 Å². The molecule has 5 nitrogen and oxygen atoms in total. The minimum absolute atomic E-state index is 0.478. The highest BCUT2D eigenvalue weighted by Crippen LogP contribution is 2.23. The second kappa shape index (κ2) is 8.02. The van der Waals surface area contributed by atoms with Crippen molar-refractivity contribution in [3.05, 3.63) is 30.1 Å². The van der Waals surface area contributed by atoms with Crippen molar-refractivity contribution in [3.63, 3.8) is 0 Å². The molecular formula is C17H29N5. The molecule has 2 saturated heterocycles. The molecule has 0 amide bonds. The zero-order valence-corrected chi connectivity index (χ0v) is 13.7. The van der Waals surface area contributed by atoms with Crippen LogP contribution in [0.3, 0.4) is 0 Å². The van der Waals surface area contributed by atoms with Gasteiger partial charge in [-0.25, -0.2) is 0 Å². The van der Waals surface area contributed by atoms with E-state index in [9.17, 15) is 0 Å². The Morgan fingerprint density at radius 3 is 2.50 bits per heavy atom. The van der Waals surface area contributed by atoms with Crippen molar-refractivity contribution in [2.45, 2.75) is 13.0 Å². The van der Waals surface area contributed by atoms with Crippen LogP contribution in [-0.4, -0.2) is 85.1 Å². The zero-order valence-electron chi connectivity index (χ0n) is 13.7. The predicted molar refractivity (Wildman–Crippen MR) is 90.0 cm³/mol. The average molecular weight is 303 g/mol. The Balaban J connectivity index is 1.68. The van der Waals surface area contributed by atoms with E-state index >= 15 is 0 Å². The number of nitrogens with one attached hydrogen (secondary N) is 1. The third-order valence-corrected chi connectivity index (χ3v) is 5.00. The molecule has 2 aliphatic heterocycles. The summed E-state index contributed by atoms with van der Waals surface area (Å²) in [6, 6.07) is 4.79. The molecule has 2 fully saturated rings. The molecule has 3 rings (SSSR count). The Hall–Kier alpha value is -1.01. The second-order valence-electron chi connectivity index (χ2n) is 6.32. The molecule has 122 valence electrons. The van der Waals surface area contributed by atoms with Crippen molar-refractivity contribution in [1.29, 1.82) is 0 Å². The molecule has 0 aliphatic carbocycles. The van der Waals surface area contributed by atoms with Crippen LogP contribution in [0.15, 0.2) is 24.5 Å². The minimum Gasteiger partial charge on any atom is -0.314 e. The third kappa shape index (κ3) is 4.04.